The van der Waals surface area contributed by atoms with Gasteiger partial charge in [-0.2, -0.15) is 0 Å². The number of nitrogens with zero attached hydrogens (tertiary/aromatic N) is 1. The van der Waals surface area contributed by atoms with Crippen LogP contribution in [0.2, 0.25) is 0 Å². The maximum Gasteiger partial charge on any atom is 0.338 e. The number of hydrogen-bond acceptors (Lipinski definition) is 4. The highest BCUT2D eigenvalue weighted by Gasteiger charge is 1.99. The van der Waals surface area contributed by atoms with Crippen LogP contribution in [0.1, 0.15) is 26.2 Å². The highest BCUT2D eigenvalue weighted by atomic mass is 16.7. The molecule has 52 valence electrons. The van der Waals surface area contributed by atoms with Crippen LogP contribution < -0.4 is 0 Å². The van der Waals surface area contributed by atoms with Crippen LogP contribution in [0.15, 0.2) is 5.34 Å². The van der Waals surface area contributed by atoms with Gasteiger partial charge in [0, 0.05) is 6.42 Å². The molecule has 0 aromatic heterocycles. The highest BCUT2D eigenvalue weighted by Crippen LogP contribution is 1.95. The lowest BCUT2D eigenvalue weighted by Gasteiger charge is -1.90. The van der Waals surface area contributed by atoms with Gasteiger partial charge in [-0.3, -0.25) is 4.84 Å². The second-order valence-electron chi connectivity index (χ2n) is 1.64. The summed E-state index contributed by atoms with van der Waals surface area (Å²) in [5.74, 6) is -0.549. The van der Waals surface area contributed by atoms with E-state index in [1.54, 1.807) is 0 Å². The fourth-order valence-electron chi connectivity index (χ4n) is 0.408. The Balaban J connectivity index is 3.16. The Hall–Kier alpha value is -0.930. The van der Waals surface area contributed by atoms with Crippen molar-refractivity contribution in [1.29, 1.82) is 0 Å². The third-order valence-electron chi connectivity index (χ3n) is 0.874. The molecule has 0 aliphatic rings. The van der Waals surface area contributed by atoms with Crippen LogP contribution in [0, 0.1) is 4.91 Å². The van der Waals surface area contributed by atoms with Crippen molar-refractivity contribution in [3.63, 3.8) is 0 Å². The van der Waals surface area contributed by atoms with Crippen LogP contribution in [0.3, 0.4) is 0 Å². The van der Waals surface area contributed by atoms with Crippen molar-refractivity contribution in [2.75, 3.05) is 0 Å². The van der Waals surface area contributed by atoms with E-state index >= 15 is 0 Å². The van der Waals surface area contributed by atoms with Crippen LogP contribution in [0.5, 0.6) is 0 Å². The van der Waals surface area contributed by atoms with Gasteiger partial charge in [0.05, 0.1) is 0 Å². The van der Waals surface area contributed by atoms with Crippen molar-refractivity contribution in [1.82, 2.24) is 0 Å². The molecule has 0 saturated carbocycles. The maximum atomic E-state index is 10.3. The average molecular weight is 131 g/mol. The number of unbranched alkanes of at least 4 members (excludes halogenated alkanes) is 1. The first-order valence-corrected chi connectivity index (χ1v) is 2.83. The zero-order valence-electron chi connectivity index (χ0n) is 5.29. The van der Waals surface area contributed by atoms with Gasteiger partial charge in [0.2, 0.25) is 0 Å². The Labute approximate surface area is 53.1 Å². The van der Waals surface area contributed by atoms with Gasteiger partial charge in [0.25, 0.3) is 0 Å². The topological polar surface area (TPSA) is 55.7 Å². The van der Waals surface area contributed by atoms with Crippen molar-refractivity contribution in [3.05, 3.63) is 4.91 Å². The summed E-state index contributed by atoms with van der Waals surface area (Å²) < 4.78 is 0. The van der Waals surface area contributed by atoms with E-state index in [-0.39, 0.29) is 6.42 Å². The predicted octanol–water partition coefficient (Wildman–Crippen LogP) is 1.40. The molecule has 0 bridgehead atoms. The molecule has 0 unspecified atom stereocenters. The molecule has 0 saturated heterocycles. The minimum absolute atomic E-state index is 0.280. The molecule has 9 heavy (non-hydrogen) atoms. The van der Waals surface area contributed by atoms with Crippen LogP contribution >= 0.6 is 0 Å². The minimum Gasteiger partial charge on any atom is -0.285 e. The quantitative estimate of drug-likeness (QED) is 0.428. The van der Waals surface area contributed by atoms with Gasteiger partial charge in [-0.25, -0.2) is 4.79 Å². The third-order valence-corrected chi connectivity index (χ3v) is 0.874. The monoisotopic (exact) mass is 131 g/mol. The van der Waals surface area contributed by atoms with Crippen molar-refractivity contribution in [2.24, 2.45) is 5.34 Å². The molecular formula is C5H9NO3. The summed E-state index contributed by atoms with van der Waals surface area (Å²) in [4.78, 5) is 23.3. The van der Waals surface area contributed by atoms with E-state index < -0.39 is 5.97 Å². The van der Waals surface area contributed by atoms with E-state index in [9.17, 15) is 9.70 Å². The summed E-state index contributed by atoms with van der Waals surface area (Å²) in [6.45, 7) is 1.95. The maximum absolute atomic E-state index is 10.3. The largest absolute Gasteiger partial charge is 0.338 e. The minimum atomic E-state index is -0.549. The zero-order chi connectivity index (χ0) is 7.11. The molecule has 0 aromatic rings. The molecule has 0 heterocycles. The lowest BCUT2D eigenvalue weighted by molar-refractivity contribution is -0.144. The third kappa shape index (κ3) is 4.93. The number of rotatable bonds is 4. The van der Waals surface area contributed by atoms with Crippen molar-refractivity contribution >= 4 is 5.97 Å². The smallest absolute Gasteiger partial charge is 0.285 e. The fourth-order valence-corrected chi connectivity index (χ4v) is 0.408. The molecule has 4 nitrogen and oxygen atoms in total. The van der Waals surface area contributed by atoms with E-state index in [1.807, 2.05) is 12.3 Å². The summed E-state index contributed by atoms with van der Waals surface area (Å²) in [6, 6.07) is 0. The van der Waals surface area contributed by atoms with E-state index in [0.29, 0.717) is 0 Å². The molecular weight excluding hydrogens is 122 g/mol. The molecule has 0 rings (SSSR count). The lowest BCUT2D eigenvalue weighted by atomic mass is 10.3. The van der Waals surface area contributed by atoms with Gasteiger partial charge >= 0.3 is 5.97 Å². The lowest BCUT2D eigenvalue weighted by Crippen LogP contribution is -1.97. The summed E-state index contributed by atoms with van der Waals surface area (Å²) in [5.41, 5.74) is 0. The Morgan fingerprint density at radius 3 is 2.78 bits per heavy atom. The van der Waals surface area contributed by atoms with Gasteiger partial charge in [0.15, 0.2) is 5.34 Å². The summed E-state index contributed by atoms with van der Waals surface area (Å²) in [6.07, 6.45) is 1.94. The van der Waals surface area contributed by atoms with Crippen LogP contribution in [0.4, 0.5) is 0 Å². The SMILES string of the molecule is CCCCC(=O)ON=O. The molecule has 0 N–H and O–H groups in total. The highest BCUT2D eigenvalue weighted by molar-refractivity contribution is 5.68. The molecule has 0 aliphatic heterocycles. The Kier molecular flexibility index (Phi) is 4.67. The number of carbonyl (C=O) groups excluding carboxylic acids is 1. The van der Waals surface area contributed by atoms with Gasteiger partial charge in [-0.1, -0.05) is 13.3 Å². The van der Waals surface area contributed by atoms with Gasteiger partial charge in [0.1, 0.15) is 0 Å². The average Bonchev–Trinajstić information content (AvgIpc) is 1.85. The zero-order valence-corrected chi connectivity index (χ0v) is 5.29. The van der Waals surface area contributed by atoms with Crippen LogP contribution in [0.25, 0.3) is 0 Å². The molecule has 0 radical (unpaired) electrons. The second-order valence-corrected chi connectivity index (χ2v) is 1.64. The molecule has 4 heteroatoms. The second kappa shape index (κ2) is 5.21. The molecule has 0 aromatic carbocycles. The molecule has 0 spiro atoms. The molecule has 0 aliphatic carbocycles. The summed E-state index contributed by atoms with van der Waals surface area (Å²) in [7, 11) is 0. The van der Waals surface area contributed by atoms with Crippen molar-refractivity contribution in [3.8, 4) is 0 Å². The van der Waals surface area contributed by atoms with E-state index in [1.165, 1.54) is 0 Å². The number of carbonyl (C=O) groups is 1. The first-order valence-electron chi connectivity index (χ1n) is 2.83. The van der Waals surface area contributed by atoms with Crippen molar-refractivity contribution < 1.29 is 9.63 Å². The molecule has 0 atom stereocenters. The van der Waals surface area contributed by atoms with Crippen LogP contribution in [-0.2, 0) is 9.63 Å². The van der Waals surface area contributed by atoms with E-state index in [4.69, 9.17) is 0 Å². The van der Waals surface area contributed by atoms with E-state index in [2.05, 4.69) is 4.84 Å². The van der Waals surface area contributed by atoms with Crippen LogP contribution in [-0.4, -0.2) is 5.97 Å². The summed E-state index contributed by atoms with van der Waals surface area (Å²) in [5, 5.41) is 1.99. The Bertz CT molecular complexity index is 102. The van der Waals surface area contributed by atoms with Gasteiger partial charge in [-0.05, 0) is 6.42 Å². The van der Waals surface area contributed by atoms with Gasteiger partial charge in [-0.15, -0.1) is 4.91 Å². The standard InChI is InChI=1S/C5H9NO3/c1-2-3-4-5(7)9-6-8/h2-4H2,1H3. The van der Waals surface area contributed by atoms with Gasteiger partial charge < -0.3 is 0 Å². The van der Waals surface area contributed by atoms with Crippen molar-refractivity contribution in [2.45, 2.75) is 26.2 Å². The predicted molar refractivity (Wildman–Crippen MR) is 31.4 cm³/mol. The number of hydrogen-bond donors (Lipinski definition) is 0. The normalized spacial score (nSPS) is 8.56. The van der Waals surface area contributed by atoms with E-state index in [0.717, 1.165) is 12.8 Å². The Morgan fingerprint density at radius 1 is 1.67 bits per heavy atom. The molecule has 0 amide bonds. The first kappa shape index (κ1) is 8.07. The first-order chi connectivity index (χ1) is 4.31. The Morgan fingerprint density at radius 2 is 2.33 bits per heavy atom. The summed E-state index contributed by atoms with van der Waals surface area (Å²) >= 11 is 0. The fraction of sp³-hybridized carbons (Fsp3) is 0.800. The molecule has 0 fully saturated rings.